The fourth-order valence-electron chi connectivity index (χ4n) is 3.28. The smallest absolute Gasteiger partial charge is 0.330 e. The monoisotopic (exact) mass is 347 g/mol. The van der Waals surface area contributed by atoms with E-state index in [0.29, 0.717) is 24.2 Å². The second kappa shape index (κ2) is 6.57. The maximum atomic E-state index is 12.6. The van der Waals surface area contributed by atoms with Gasteiger partial charge in [0.2, 0.25) is 0 Å². The fraction of sp³-hybridized carbons (Fsp3) is 0.150. The van der Waals surface area contributed by atoms with Crippen molar-refractivity contribution in [3.05, 3.63) is 75.6 Å². The van der Waals surface area contributed by atoms with Crippen LogP contribution < -0.4 is 11.2 Å². The Kier molecular flexibility index (Phi) is 4.10. The maximum Gasteiger partial charge on any atom is 0.330 e. The number of benzene rings is 2. The highest BCUT2D eigenvalue weighted by atomic mass is 16.5. The molecule has 0 aliphatic heterocycles. The lowest BCUT2D eigenvalue weighted by Crippen LogP contribution is -2.32. The first-order valence-electron chi connectivity index (χ1n) is 8.29. The van der Waals surface area contributed by atoms with Crippen molar-refractivity contribution in [3.63, 3.8) is 0 Å². The van der Waals surface area contributed by atoms with Crippen LogP contribution in [0, 0.1) is 0 Å². The first kappa shape index (κ1) is 16.2. The van der Waals surface area contributed by atoms with Gasteiger partial charge in [0.05, 0.1) is 18.5 Å². The Labute approximate surface area is 148 Å². The average molecular weight is 347 g/mol. The van der Waals surface area contributed by atoms with E-state index in [1.807, 2.05) is 48.5 Å². The number of fused-ring (bicyclic) bond motifs is 2. The van der Waals surface area contributed by atoms with Crippen molar-refractivity contribution in [1.82, 2.24) is 14.5 Å². The molecule has 6 heteroatoms. The van der Waals surface area contributed by atoms with E-state index in [-0.39, 0.29) is 0 Å². The van der Waals surface area contributed by atoms with Crippen LogP contribution in [-0.2, 0) is 11.3 Å². The van der Waals surface area contributed by atoms with Crippen molar-refractivity contribution in [2.75, 3.05) is 13.7 Å². The molecule has 6 nitrogen and oxygen atoms in total. The molecule has 0 fully saturated rings. The molecule has 2 heterocycles. The van der Waals surface area contributed by atoms with Crippen molar-refractivity contribution in [2.45, 2.75) is 6.54 Å². The van der Waals surface area contributed by atoms with Gasteiger partial charge in [0.25, 0.3) is 5.56 Å². The van der Waals surface area contributed by atoms with Gasteiger partial charge in [0, 0.05) is 18.9 Å². The summed E-state index contributed by atoms with van der Waals surface area (Å²) < 4.78 is 6.51. The number of hydrogen-bond donors (Lipinski definition) is 1. The Morgan fingerprint density at radius 3 is 2.69 bits per heavy atom. The van der Waals surface area contributed by atoms with E-state index in [2.05, 4.69) is 9.97 Å². The molecule has 130 valence electrons. The third-order valence-electron chi connectivity index (χ3n) is 4.48. The van der Waals surface area contributed by atoms with Gasteiger partial charge in [-0.3, -0.25) is 14.3 Å². The van der Waals surface area contributed by atoms with Crippen molar-refractivity contribution < 1.29 is 4.74 Å². The first-order chi connectivity index (χ1) is 12.7. The van der Waals surface area contributed by atoms with Crippen LogP contribution in [0.4, 0.5) is 0 Å². The highest BCUT2D eigenvalue weighted by molar-refractivity contribution is 6.03. The summed E-state index contributed by atoms with van der Waals surface area (Å²) in [6.45, 7) is 0.663. The molecule has 0 unspecified atom stereocenters. The lowest BCUT2D eigenvalue weighted by Gasteiger charge is -2.12. The van der Waals surface area contributed by atoms with Crippen LogP contribution in [-0.4, -0.2) is 28.3 Å². The molecule has 2 aromatic carbocycles. The second-order valence-corrected chi connectivity index (χ2v) is 5.99. The molecule has 0 atom stereocenters. The third-order valence-corrected chi connectivity index (χ3v) is 4.48. The van der Waals surface area contributed by atoms with Crippen LogP contribution in [0.25, 0.3) is 32.9 Å². The molecule has 0 saturated heterocycles. The Hall–Kier alpha value is -3.25. The van der Waals surface area contributed by atoms with Crippen molar-refractivity contribution in [2.24, 2.45) is 0 Å². The number of nitrogens with one attached hydrogen (secondary N) is 1. The Bertz CT molecular complexity index is 1220. The van der Waals surface area contributed by atoms with E-state index in [1.54, 1.807) is 13.3 Å². The average Bonchev–Trinajstić information content (AvgIpc) is 2.67. The van der Waals surface area contributed by atoms with Gasteiger partial charge in [-0.05, 0) is 22.4 Å². The molecule has 0 spiro atoms. The van der Waals surface area contributed by atoms with Crippen molar-refractivity contribution >= 4 is 21.8 Å². The normalized spacial score (nSPS) is 11.3. The van der Waals surface area contributed by atoms with Crippen molar-refractivity contribution in [3.8, 4) is 11.1 Å². The predicted molar refractivity (Wildman–Crippen MR) is 101 cm³/mol. The van der Waals surface area contributed by atoms with Gasteiger partial charge >= 0.3 is 5.69 Å². The molecule has 0 amide bonds. The summed E-state index contributed by atoms with van der Waals surface area (Å²) in [5.74, 6) is 0. The molecule has 0 aliphatic rings. The number of aromatic nitrogens is 3. The number of methoxy groups -OCH3 is 1. The third kappa shape index (κ3) is 2.60. The van der Waals surface area contributed by atoms with Crippen molar-refractivity contribution in [1.29, 1.82) is 0 Å². The minimum atomic E-state index is -0.484. The minimum Gasteiger partial charge on any atom is -0.383 e. The molecule has 4 aromatic rings. The Morgan fingerprint density at radius 1 is 1.04 bits per heavy atom. The molecule has 26 heavy (non-hydrogen) atoms. The summed E-state index contributed by atoms with van der Waals surface area (Å²) in [5, 5.41) is 2.52. The number of hydrogen-bond acceptors (Lipinski definition) is 4. The van der Waals surface area contributed by atoms with Gasteiger partial charge < -0.3 is 4.74 Å². The molecule has 0 aliphatic carbocycles. The van der Waals surface area contributed by atoms with E-state index in [1.165, 1.54) is 4.57 Å². The number of H-pyrrole nitrogens is 1. The molecule has 0 saturated carbocycles. The van der Waals surface area contributed by atoms with Crippen LogP contribution in [0.2, 0.25) is 0 Å². The topological polar surface area (TPSA) is 77.0 Å². The summed E-state index contributed by atoms with van der Waals surface area (Å²) in [7, 11) is 1.56. The molecule has 0 bridgehead atoms. The summed E-state index contributed by atoms with van der Waals surface area (Å²) >= 11 is 0. The number of aromatic amines is 1. The second-order valence-electron chi connectivity index (χ2n) is 5.99. The molecular weight excluding hydrogens is 330 g/mol. The quantitative estimate of drug-likeness (QED) is 0.615. The van der Waals surface area contributed by atoms with Gasteiger partial charge in [-0.2, -0.15) is 0 Å². The molecule has 2 aromatic heterocycles. The number of pyridine rings is 1. The number of rotatable bonds is 4. The van der Waals surface area contributed by atoms with Gasteiger partial charge in [-0.1, -0.05) is 42.5 Å². The van der Waals surface area contributed by atoms with Gasteiger partial charge in [-0.15, -0.1) is 0 Å². The Morgan fingerprint density at radius 2 is 1.85 bits per heavy atom. The van der Waals surface area contributed by atoms with Crippen LogP contribution in [0.1, 0.15) is 0 Å². The zero-order valence-corrected chi connectivity index (χ0v) is 14.2. The van der Waals surface area contributed by atoms with E-state index >= 15 is 0 Å². The van der Waals surface area contributed by atoms with E-state index in [4.69, 9.17) is 4.74 Å². The molecular formula is C20H17N3O3. The van der Waals surface area contributed by atoms with Gasteiger partial charge in [0.1, 0.15) is 5.65 Å². The Balaban J connectivity index is 2.08. The maximum absolute atomic E-state index is 12.6. The largest absolute Gasteiger partial charge is 0.383 e. The van der Waals surface area contributed by atoms with E-state index < -0.39 is 11.2 Å². The fourth-order valence-corrected chi connectivity index (χ4v) is 3.28. The lowest BCUT2D eigenvalue weighted by atomic mass is 9.97. The first-order valence-corrected chi connectivity index (χ1v) is 8.29. The molecule has 1 N–H and O–H groups in total. The zero-order chi connectivity index (χ0) is 18.1. The summed E-state index contributed by atoms with van der Waals surface area (Å²) in [6.07, 6.45) is 1.63. The van der Waals surface area contributed by atoms with E-state index in [9.17, 15) is 9.59 Å². The van der Waals surface area contributed by atoms with Crippen LogP contribution in [0.15, 0.2) is 64.3 Å². The summed E-state index contributed by atoms with van der Waals surface area (Å²) in [5.41, 5.74) is 1.12. The van der Waals surface area contributed by atoms with Crippen LogP contribution >= 0.6 is 0 Å². The summed E-state index contributed by atoms with van der Waals surface area (Å²) in [4.78, 5) is 31.6. The van der Waals surface area contributed by atoms with Gasteiger partial charge in [0.15, 0.2) is 0 Å². The highest BCUT2D eigenvalue weighted by Crippen LogP contribution is 2.31. The standard InChI is InChI=1S/C20H17N3O3/c1-26-12-11-23-18-17(19(24)22-20(23)25)16(9-10-21-18)15-8-4-6-13-5-2-3-7-14(13)15/h2-10H,11-12H2,1H3,(H,22,24,25). The molecule has 4 rings (SSSR count). The molecule has 0 radical (unpaired) electrons. The van der Waals surface area contributed by atoms with E-state index in [0.717, 1.165) is 21.9 Å². The minimum absolute atomic E-state index is 0.314. The zero-order valence-electron chi connectivity index (χ0n) is 14.2. The number of nitrogens with zero attached hydrogens (tertiary/aromatic N) is 2. The number of ether oxygens (including phenoxy) is 1. The van der Waals surface area contributed by atoms with Crippen LogP contribution in [0.3, 0.4) is 0 Å². The predicted octanol–water partition coefficient (Wildman–Crippen LogP) is 2.55. The highest BCUT2D eigenvalue weighted by Gasteiger charge is 2.15. The lowest BCUT2D eigenvalue weighted by molar-refractivity contribution is 0.187. The van der Waals surface area contributed by atoms with Gasteiger partial charge in [-0.25, -0.2) is 9.78 Å². The van der Waals surface area contributed by atoms with Crippen LogP contribution in [0.5, 0.6) is 0 Å². The summed E-state index contributed by atoms with van der Waals surface area (Å²) in [6, 6.07) is 15.8. The SMILES string of the molecule is COCCn1c(=O)[nH]c(=O)c2c(-c3cccc4ccccc34)ccnc21.